The van der Waals surface area contributed by atoms with Crippen molar-refractivity contribution in [2.75, 3.05) is 7.11 Å². The quantitative estimate of drug-likeness (QED) is 0.173. The van der Waals surface area contributed by atoms with Crippen molar-refractivity contribution in [1.82, 2.24) is 4.57 Å². The largest absolute Gasteiger partial charge is 0.466 e. The number of fused-ring (bicyclic) bond motifs is 1. The molecular weight excluding hydrogens is 554 g/mol. The van der Waals surface area contributed by atoms with Crippen LogP contribution in [0.1, 0.15) is 49.6 Å². The predicted molar refractivity (Wildman–Crippen MR) is 152 cm³/mol. The SMILES string of the molecule is COC(=O)C1=C(C)N=c2s/c(=C\c3ccc(-c4ccc(Cl)c([N+](=O)[O-])c4)o3)c(=O)n2C1c1ccc(C(C)C)cc1. The molecule has 204 valence electrons. The molecule has 0 radical (unpaired) electrons. The highest BCUT2D eigenvalue weighted by atomic mass is 35.5. The summed E-state index contributed by atoms with van der Waals surface area (Å²) in [6, 6.07) is 14.8. The van der Waals surface area contributed by atoms with E-state index in [1.165, 1.54) is 35.1 Å². The summed E-state index contributed by atoms with van der Waals surface area (Å²) in [6.07, 6.45) is 1.59. The molecule has 0 amide bonds. The fourth-order valence-corrected chi connectivity index (χ4v) is 5.81. The third-order valence-electron chi connectivity index (χ3n) is 6.67. The Morgan fingerprint density at radius 2 is 1.93 bits per heavy atom. The molecule has 5 rings (SSSR count). The van der Waals surface area contributed by atoms with Crippen molar-refractivity contribution >= 4 is 40.7 Å². The van der Waals surface area contributed by atoms with Crippen LogP contribution in [0.4, 0.5) is 5.69 Å². The number of nitro groups is 1. The lowest BCUT2D eigenvalue weighted by Gasteiger charge is -2.24. The maximum Gasteiger partial charge on any atom is 0.338 e. The second-order valence-corrected chi connectivity index (χ2v) is 10.9. The van der Waals surface area contributed by atoms with Gasteiger partial charge in [-0.05, 0) is 48.2 Å². The van der Waals surface area contributed by atoms with Gasteiger partial charge in [-0.25, -0.2) is 9.79 Å². The highest BCUT2D eigenvalue weighted by Crippen LogP contribution is 2.33. The van der Waals surface area contributed by atoms with Crippen molar-refractivity contribution in [1.29, 1.82) is 0 Å². The zero-order chi connectivity index (χ0) is 28.7. The number of halogens is 1. The van der Waals surface area contributed by atoms with Crippen molar-refractivity contribution in [3.63, 3.8) is 0 Å². The van der Waals surface area contributed by atoms with E-state index in [1.807, 2.05) is 24.3 Å². The Kier molecular flexibility index (Phi) is 7.31. The standard InChI is InChI=1S/C29H24ClN3O6S/c1-15(2)17-5-7-18(8-6-17)26-25(28(35)38-4)16(3)31-29-32(26)27(34)24(40-29)14-20-10-12-23(39-20)19-9-11-21(30)22(13-19)33(36)37/h5-15,26H,1-4H3/b24-14-. The van der Waals surface area contributed by atoms with Gasteiger partial charge in [0.25, 0.3) is 11.2 Å². The summed E-state index contributed by atoms with van der Waals surface area (Å²) in [5.41, 5.74) is 2.57. The van der Waals surface area contributed by atoms with Crippen molar-refractivity contribution in [2.24, 2.45) is 4.99 Å². The first-order valence-corrected chi connectivity index (χ1v) is 13.5. The highest BCUT2D eigenvalue weighted by Gasteiger charge is 2.33. The molecule has 1 aliphatic heterocycles. The van der Waals surface area contributed by atoms with Gasteiger partial charge in [-0.15, -0.1) is 0 Å². The Morgan fingerprint density at radius 3 is 2.58 bits per heavy atom. The van der Waals surface area contributed by atoms with Crippen LogP contribution in [0, 0.1) is 10.1 Å². The molecule has 3 heterocycles. The minimum Gasteiger partial charge on any atom is -0.466 e. The van der Waals surface area contributed by atoms with E-state index < -0.39 is 16.9 Å². The van der Waals surface area contributed by atoms with Crippen molar-refractivity contribution in [2.45, 2.75) is 32.7 Å². The average Bonchev–Trinajstić information content (AvgIpc) is 3.52. The molecule has 0 saturated carbocycles. The van der Waals surface area contributed by atoms with Crippen LogP contribution in [-0.2, 0) is 9.53 Å². The summed E-state index contributed by atoms with van der Waals surface area (Å²) in [5, 5.41) is 11.3. The number of nitrogens with zero attached hydrogens (tertiary/aromatic N) is 3. The number of allylic oxidation sites excluding steroid dienone is 1. The van der Waals surface area contributed by atoms with Crippen LogP contribution in [0.3, 0.4) is 0 Å². The zero-order valence-electron chi connectivity index (χ0n) is 22.0. The number of furan rings is 1. The zero-order valence-corrected chi connectivity index (χ0v) is 23.6. The fraction of sp³-hybridized carbons (Fsp3) is 0.207. The molecule has 0 fully saturated rings. The number of ether oxygens (including phenoxy) is 1. The van der Waals surface area contributed by atoms with Gasteiger partial charge in [-0.1, -0.05) is 61.1 Å². The number of carbonyl (C=O) groups excluding carboxylic acids is 1. The van der Waals surface area contributed by atoms with Gasteiger partial charge in [0.15, 0.2) is 4.80 Å². The maximum absolute atomic E-state index is 13.8. The van der Waals surface area contributed by atoms with Gasteiger partial charge >= 0.3 is 5.97 Å². The van der Waals surface area contributed by atoms with E-state index in [0.29, 0.717) is 43.6 Å². The van der Waals surface area contributed by atoms with E-state index in [0.717, 1.165) is 11.1 Å². The molecule has 2 aromatic heterocycles. The molecule has 11 heteroatoms. The number of methoxy groups -OCH3 is 1. The molecule has 40 heavy (non-hydrogen) atoms. The molecule has 1 aliphatic rings. The van der Waals surface area contributed by atoms with E-state index in [1.54, 1.807) is 31.2 Å². The molecule has 1 unspecified atom stereocenters. The number of aromatic nitrogens is 1. The molecule has 9 nitrogen and oxygen atoms in total. The number of thiazole rings is 1. The van der Waals surface area contributed by atoms with Gasteiger partial charge in [0.1, 0.15) is 16.5 Å². The fourth-order valence-electron chi connectivity index (χ4n) is 4.59. The van der Waals surface area contributed by atoms with Gasteiger partial charge in [0, 0.05) is 17.7 Å². The second-order valence-electron chi connectivity index (χ2n) is 9.52. The summed E-state index contributed by atoms with van der Waals surface area (Å²) in [5.74, 6) is 0.525. The number of hydrogen-bond acceptors (Lipinski definition) is 8. The van der Waals surface area contributed by atoms with Crippen LogP contribution in [0.5, 0.6) is 0 Å². The third-order valence-corrected chi connectivity index (χ3v) is 7.98. The second kappa shape index (κ2) is 10.7. The number of benzene rings is 2. The first-order chi connectivity index (χ1) is 19.1. The van der Waals surface area contributed by atoms with Crippen LogP contribution in [0.25, 0.3) is 17.4 Å². The molecule has 0 aliphatic carbocycles. The van der Waals surface area contributed by atoms with E-state index >= 15 is 0 Å². The Hall–Kier alpha value is -4.28. The van der Waals surface area contributed by atoms with Crippen molar-refractivity contribution in [3.05, 3.63) is 118 Å². The van der Waals surface area contributed by atoms with Crippen LogP contribution >= 0.6 is 22.9 Å². The molecule has 0 saturated heterocycles. The van der Waals surface area contributed by atoms with E-state index in [-0.39, 0.29) is 16.3 Å². The highest BCUT2D eigenvalue weighted by molar-refractivity contribution is 7.07. The van der Waals surface area contributed by atoms with Gasteiger partial charge in [0.2, 0.25) is 0 Å². The number of rotatable bonds is 6. The average molecular weight is 578 g/mol. The topological polar surface area (TPSA) is 117 Å². The van der Waals surface area contributed by atoms with Crippen LogP contribution in [0.15, 0.2) is 80.1 Å². The van der Waals surface area contributed by atoms with Gasteiger partial charge in [0.05, 0.1) is 33.9 Å². The first kappa shape index (κ1) is 27.3. The van der Waals surface area contributed by atoms with Crippen molar-refractivity contribution < 1.29 is 18.9 Å². The number of esters is 1. The summed E-state index contributed by atoms with van der Waals surface area (Å²) < 4.78 is 12.8. The monoisotopic (exact) mass is 577 g/mol. The summed E-state index contributed by atoms with van der Waals surface area (Å²) in [6.45, 7) is 5.91. The van der Waals surface area contributed by atoms with Gasteiger partial charge < -0.3 is 9.15 Å². The van der Waals surface area contributed by atoms with Crippen LogP contribution in [0.2, 0.25) is 5.02 Å². The number of hydrogen-bond donors (Lipinski definition) is 0. The maximum atomic E-state index is 13.8. The Bertz CT molecular complexity index is 1860. The lowest BCUT2D eigenvalue weighted by atomic mass is 9.93. The van der Waals surface area contributed by atoms with Gasteiger partial charge in [-0.2, -0.15) is 0 Å². The number of carbonyl (C=O) groups is 1. The summed E-state index contributed by atoms with van der Waals surface area (Å²) >= 11 is 7.11. The molecule has 0 bridgehead atoms. The van der Waals surface area contributed by atoms with E-state index in [4.69, 9.17) is 20.8 Å². The summed E-state index contributed by atoms with van der Waals surface area (Å²) in [4.78, 5) is 42.3. The molecule has 2 aromatic carbocycles. The molecular formula is C29H24ClN3O6S. The van der Waals surface area contributed by atoms with Gasteiger partial charge in [-0.3, -0.25) is 19.5 Å². The minimum absolute atomic E-state index is 0.0247. The summed E-state index contributed by atoms with van der Waals surface area (Å²) in [7, 11) is 1.30. The smallest absolute Gasteiger partial charge is 0.338 e. The predicted octanol–water partition coefficient (Wildman–Crippen LogP) is 5.35. The molecule has 4 aromatic rings. The normalized spacial score (nSPS) is 15.2. The van der Waals surface area contributed by atoms with E-state index in [9.17, 15) is 19.7 Å². The lowest BCUT2D eigenvalue weighted by molar-refractivity contribution is -0.384. The Labute approximate surface area is 237 Å². The molecule has 1 atom stereocenters. The Balaban J connectivity index is 1.61. The molecule has 0 N–H and O–H groups in total. The Morgan fingerprint density at radius 1 is 1.20 bits per heavy atom. The number of nitro benzene ring substituents is 1. The third kappa shape index (κ3) is 4.91. The first-order valence-electron chi connectivity index (χ1n) is 12.3. The van der Waals surface area contributed by atoms with Crippen molar-refractivity contribution in [3.8, 4) is 11.3 Å². The minimum atomic E-state index is -0.714. The molecule has 0 spiro atoms. The van der Waals surface area contributed by atoms with Crippen LogP contribution < -0.4 is 14.9 Å². The van der Waals surface area contributed by atoms with E-state index in [2.05, 4.69) is 18.8 Å². The lowest BCUT2D eigenvalue weighted by Crippen LogP contribution is -2.39. The van der Waals surface area contributed by atoms with Crippen LogP contribution in [-0.4, -0.2) is 22.6 Å².